The van der Waals surface area contributed by atoms with E-state index in [-0.39, 0.29) is 11.7 Å². The number of thioether (sulfide) groups is 1. The third kappa shape index (κ3) is 5.37. The summed E-state index contributed by atoms with van der Waals surface area (Å²) in [5.74, 6) is 0.738. The van der Waals surface area contributed by atoms with Gasteiger partial charge in [0.25, 0.3) is 0 Å². The van der Waals surface area contributed by atoms with Gasteiger partial charge in [0.15, 0.2) is 0 Å². The molecule has 0 unspecified atom stereocenters. The zero-order chi connectivity index (χ0) is 13.4. The molecule has 0 aliphatic carbocycles. The highest BCUT2D eigenvalue weighted by Gasteiger charge is 2.05. The van der Waals surface area contributed by atoms with E-state index in [1.165, 1.54) is 11.8 Å². The number of thiocarbonyl (C=S) groups is 1. The number of nitrogens with one attached hydrogen (secondary N) is 1. The second kappa shape index (κ2) is 7.94. The largest absolute Gasteiger partial charge is 0.497 e. The van der Waals surface area contributed by atoms with Crippen molar-refractivity contribution >= 4 is 40.0 Å². The quantitative estimate of drug-likeness (QED) is 0.663. The Labute approximate surface area is 116 Å². The minimum absolute atomic E-state index is 0.218. The van der Waals surface area contributed by atoms with Gasteiger partial charge in [-0.2, -0.15) is 0 Å². The van der Waals surface area contributed by atoms with E-state index in [1.54, 1.807) is 14.0 Å². The van der Waals surface area contributed by atoms with Crippen molar-refractivity contribution in [3.05, 3.63) is 24.3 Å². The summed E-state index contributed by atoms with van der Waals surface area (Å²) < 4.78 is 10.4. The van der Waals surface area contributed by atoms with Crippen LogP contribution in [0.3, 0.4) is 0 Å². The topological polar surface area (TPSA) is 47.6 Å². The summed E-state index contributed by atoms with van der Waals surface area (Å²) in [5.41, 5.74) is 0.858. The van der Waals surface area contributed by atoms with Gasteiger partial charge in [0.2, 0.25) is 0 Å². The minimum Gasteiger partial charge on any atom is -0.497 e. The molecule has 18 heavy (non-hydrogen) atoms. The third-order valence-electron chi connectivity index (χ3n) is 1.96. The molecule has 0 radical (unpaired) electrons. The molecular weight excluding hydrogens is 270 g/mol. The van der Waals surface area contributed by atoms with Crippen LogP contribution < -0.4 is 10.1 Å². The SMILES string of the molecule is CCOC(=O)CSC(=S)Nc1ccc(OC)cc1. The van der Waals surface area contributed by atoms with E-state index in [0.29, 0.717) is 10.9 Å². The number of anilines is 1. The van der Waals surface area contributed by atoms with Crippen molar-refractivity contribution in [2.45, 2.75) is 6.92 Å². The van der Waals surface area contributed by atoms with E-state index < -0.39 is 0 Å². The molecule has 0 aliphatic rings. The number of carbonyl (C=O) groups is 1. The lowest BCUT2D eigenvalue weighted by atomic mass is 10.3. The van der Waals surface area contributed by atoms with Gasteiger partial charge in [-0.3, -0.25) is 4.79 Å². The summed E-state index contributed by atoms with van der Waals surface area (Å²) >= 11 is 6.36. The van der Waals surface area contributed by atoms with Crippen LogP contribution in [0.25, 0.3) is 0 Å². The molecule has 1 rings (SSSR count). The molecule has 0 aromatic heterocycles. The Bertz CT molecular complexity index is 406. The van der Waals surface area contributed by atoms with Crippen LogP contribution in [0.15, 0.2) is 24.3 Å². The Hall–Kier alpha value is -1.27. The molecule has 4 nitrogen and oxygen atoms in total. The summed E-state index contributed by atoms with van der Waals surface area (Å²) in [6.45, 7) is 2.16. The van der Waals surface area contributed by atoms with E-state index in [0.717, 1.165) is 11.4 Å². The first-order valence-corrected chi connectivity index (χ1v) is 6.78. The molecule has 98 valence electrons. The van der Waals surface area contributed by atoms with Gasteiger partial charge in [-0.05, 0) is 31.2 Å². The number of carbonyl (C=O) groups excluding carboxylic acids is 1. The number of hydrogen-bond acceptors (Lipinski definition) is 5. The van der Waals surface area contributed by atoms with Crippen molar-refractivity contribution < 1.29 is 14.3 Å². The average molecular weight is 285 g/mol. The molecule has 0 fully saturated rings. The molecule has 0 saturated heterocycles. The highest BCUT2D eigenvalue weighted by Crippen LogP contribution is 2.17. The van der Waals surface area contributed by atoms with Crippen LogP contribution in [0.1, 0.15) is 6.92 Å². The Balaban J connectivity index is 2.37. The monoisotopic (exact) mass is 285 g/mol. The van der Waals surface area contributed by atoms with Crippen molar-refractivity contribution in [2.24, 2.45) is 0 Å². The van der Waals surface area contributed by atoms with Gasteiger partial charge in [-0.15, -0.1) is 0 Å². The Kier molecular flexibility index (Phi) is 6.53. The average Bonchev–Trinajstić information content (AvgIpc) is 2.38. The Morgan fingerprint density at radius 3 is 2.61 bits per heavy atom. The predicted octanol–water partition coefficient (Wildman–Crippen LogP) is 2.69. The first-order valence-electron chi connectivity index (χ1n) is 5.39. The molecule has 0 bridgehead atoms. The van der Waals surface area contributed by atoms with E-state index in [2.05, 4.69) is 5.32 Å². The first-order chi connectivity index (χ1) is 8.65. The molecule has 1 aromatic carbocycles. The van der Waals surface area contributed by atoms with Gasteiger partial charge in [0.1, 0.15) is 10.1 Å². The summed E-state index contributed by atoms with van der Waals surface area (Å²) in [5, 5.41) is 3.02. The predicted molar refractivity (Wildman–Crippen MR) is 78.3 cm³/mol. The number of hydrogen-bond donors (Lipinski definition) is 1. The lowest BCUT2D eigenvalue weighted by Gasteiger charge is -2.08. The van der Waals surface area contributed by atoms with Crippen molar-refractivity contribution in [1.82, 2.24) is 0 Å². The number of ether oxygens (including phenoxy) is 2. The van der Waals surface area contributed by atoms with E-state index in [9.17, 15) is 4.79 Å². The summed E-state index contributed by atoms with van der Waals surface area (Å²) in [4.78, 5) is 11.1. The zero-order valence-electron chi connectivity index (χ0n) is 10.3. The van der Waals surface area contributed by atoms with Crippen molar-refractivity contribution in [1.29, 1.82) is 0 Å². The van der Waals surface area contributed by atoms with Crippen LogP contribution in [-0.4, -0.2) is 29.8 Å². The van der Waals surface area contributed by atoms with Gasteiger partial charge < -0.3 is 14.8 Å². The molecule has 6 heteroatoms. The summed E-state index contributed by atoms with van der Waals surface area (Å²) in [6.07, 6.45) is 0. The molecule has 0 atom stereocenters. The van der Waals surface area contributed by atoms with Crippen LogP contribution in [-0.2, 0) is 9.53 Å². The highest BCUT2D eigenvalue weighted by atomic mass is 32.2. The molecule has 0 amide bonds. The standard InChI is InChI=1S/C12H15NO3S2/c1-3-16-11(14)8-18-12(17)13-9-4-6-10(15-2)7-5-9/h4-7H,3,8H2,1-2H3,(H,13,17). The molecule has 0 spiro atoms. The second-order valence-corrected chi connectivity index (χ2v) is 4.89. The van der Waals surface area contributed by atoms with Gasteiger partial charge in [-0.1, -0.05) is 24.0 Å². The maximum atomic E-state index is 11.1. The Morgan fingerprint density at radius 1 is 1.39 bits per heavy atom. The molecule has 0 aliphatic heterocycles. The lowest BCUT2D eigenvalue weighted by Crippen LogP contribution is -2.11. The highest BCUT2D eigenvalue weighted by molar-refractivity contribution is 8.23. The lowest BCUT2D eigenvalue weighted by molar-refractivity contribution is -0.139. The van der Waals surface area contributed by atoms with E-state index >= 15 is 0 Å². The molecule has 0 heterocycles. The zero-order valence-corrected chi connectivity index (χ0v) is 11.9. The first kappa shape index (κ1) is 14.8. The fourth-order valence-electron chi connectivity index (χ4n) is 1.16. The Morgan fingerprint density at radius 2 is 2.06 bits per heavy atom. The van der Waals surface area contributed by atoms with Gasteiger partial charge in [0, 0.05) is 5.69 Å². The number of rotatable bonds is 5. The molecule has 0 saturated carbocycles. The summed E-state index contributed by atoms with van der Waals surface area (Å²) in [6, 6.07) is 7.38. The normalized spacial score (nSPS) is 9.67. The maximum Gasteiger partial charge on any atom is 0.316 e. The molecule has 1 N–H and O–H groups in total. The third-order valence-corrected chi connectivity index (χ3v) is 3.16. The van der Waals surface area contributed by atoms with E-state index in [1.807, 2.05) is 24.3 Å². The number of methoxy groups -OCH3 is 1. The molecular formula is C12H15NO3S2. The van der Waals surface area contributed by atoms with Gasteiger partial charge in [0.05, 0.1) is 19.5 Å². The van der Waals surface area contributed by atoms with Gasteiger partial charge in [-0.25, -0.2) is 0 Å². The van der Waals surface area contributed by atoms with Crippen LogP contribution in [0.2, 0.25) is 0 Å². The van der Waals surface area contributed by atoms with Crippen LogP contribution in [0, 0.1) is 0 Å². The summed E-state index contributed by atoms with van der Waals surface area (Å²) in [7, 11) is 1.61. The van der Waals surface area contributed by atoms with Crippen LogP contribution in [0.4, 0.5) is 5.69 Å². The fraction of sp³-hybridized carbons (Fsp3) is 0.333. The molecule has 1 aromatic rings. The van der Waals surface area contributed by atoms with Gasteiger partial charge >= 0.3 is 5.97 Å². The van der Waals surface area contributed by atoms with E-state index in [4.69, 9.17) is 21.7 Å². The second-order valence-electron chi connectivity index (χ2n) is 3.23. The fourth-order valence-corrected chi connectivity index (χ4v) is 1.97. The van der Waals surface area contributed by atoms with Crippen molar-refractivity contribution in [2.75, 3.05) is 24.8 Å². The smallest absolute Gasteiger partial charge is 0.316 e. The number of esters is 1. The van der Waals surface area contributed by atoms with Crippen molar-refractivity contribution in [3.63, 3.8) is 0 Å². The number of benzene rings is 1. The van der Waals surface area contributed by atoms with Crippen LogP contribution >= 0.6 is 24.0 Å². The minimum atomic E-state index is -0.263. The van der Waals surface area contributed by atoms with Crippen LogP contribution in [0.5, 0.6) is 5.75 Å². The maximum absolute atomic E-state index is 11.1. The van der Waals surface area contributed by atoms with Crippen molar-refractivity contribution in [3.8, 4) is 5.75 Å².